The first-order valence-electron chi connectivity index (χ1n) is 5.73. The van der Waals surface area contributed by atoms with Crippen LogP contribution in [0.25, 0.3) is 0 Å². The lowest BCUT2D eigenvalue weighted by Gasteiger charge is -2.17. The minimum Gasteiger partial charge on any atom is -0.328 e. The SMILES string of the molecule is CCCc1nccn1C(CN)c1ccc(Br)s1. The van der Waals surface area contributed by atoms with E-state index in [2.05, 4.69) is 44.5 Å². The van der Waals surface area contributed by atoms with Crippen molar-refractivity contribution >= 4 is 27.3 Å². The van der Waals surface area contributed by atoms with Crippen molar-refractivity contribution in [3.63, 3.8) is 0 Å². The molecule has 0 radical (unpaired) electrons. The zero-order valence-electron chi connectivity index (χ0n) is 9.77. The van der Waals surface area contributed by atoms with Crippen molar-refractivity contribution in [3.05, 3.63) is 39.0 Å². The number of aryl methyl sites for hydroxylation is 1. The molecule has 1 unspecified atom stereocenters. The average molecular weight is 314 g/mol. The van der Waals surface area contributed by atoms with Crippen LogP contribution in [-0.4, -0.2) is 16.1 Å². The number of halogens is 1. The van der Waals surface area contributed by atoms with Crippen LogP contribution < -0.4 is 5.73 Å². The lowest BCUT2D eigenvalue weighted by molar-refractivity contribution is 0.570. The van der Waals surface area contributed by atoms with E-state index in [-0.39, 0.29) is 6.04 Å². The molecule has 1 atom stereocenters. The molecule has 5 heteroatoms. The van der Waals surface area contributed by atoms with Crippen LogP contribution in [0.3, 0.4) is 0 Å². The van der Waals surface area contributed by atoms with Gasteiger partial charge >= 0.3 is 0 Å². The molecule has 2 aromatic heterocycles. The number of hydrogen-bond acceptors (Lipinski definition) is 3. The molecule has 0 spiro atoms. The molecule has 0 bridgehead atoms. The number of imidazole rings is 1. The topological polar surface area (TPSA) is 43.8 Å². The third kappa shape index (κ3) is 2.78. The summed E-state index contributed by atoms with van der Waals surface area (Å²) in [5, 5.41) is 0. The number of hydrogen-bond donors (Lipinski definition) is 1. The van der Waals surface area contributed by atoms with E-state index in [1.807, 2.05) is 12.4 Å². The number of thiophene rings is 1. The number of nitrogens with zero attached hydrogens (tertiary/aromatic N) is 2. The summed E-state index contributed by atoms with van der Waals surface area (Å²) in [7, 11) is 0. The molecule has 0 aliphatic carbocycles. The minimum absolute atomic E-state index is 0.204. The van der Waals surface area contributed by atoms with Gasteiger partial charge in [-0.3, -0.25) is 0 Å². The molecule has 92 valence electrons. The molecule has 2 aromatic rings. The van der Waals surface area contributed by atoms with Crippen LogP contribution in [0.1, 0.15) is 30.1 Å². The summed E-state index contributed by atoms with van der Waals surface area (Å²) in [4.78, 5) is 5.68. The van der Waals surface area contributed by atoms with E-state index in [0.717, 1.165) is 22.5 Å². The van der Waals surface area contributed by atoms with Gasteiger partial charge in [0.05, 0.1) is 9.83 Å². The highest BCUT2D eigenvalue weighted by Crippen LogP contribution is 2.29. The van der Waals surface area contributed by atoms with Crippen molar-refractivity contribution in [3.8, 4) is 0 Å². The van der Waals surface area contributed by atoms with Gasteiger partial charge in [-0.25, -0.2) is 4.98 Å². The maximum atomic E-state index is 5.91. The second kappa shape index (κ2) is 5.80. The van der Waals surface area contributed by atoms with Gasteiger partial charge in [-0.1, -0.05) is 6.92 Å². The Labute approximate surface area is 114 Å². The fourth-order valence-corrected chi connectivity index (χ4v) is 3.46. The first kappa shape index (κ1) is 12.8. The second-order valence-corrected chi connectivity index (χ2v) is 6.39. The van der Waals surface area contributed by atoms with Crippen LogP contribution >= 0.6 is 27.3 Å². The first-order valence-corrected chi connectivity index (χ1v) is 7.34. The molecule has 2 rings (SSSR count). The van der Waals surface area contributed by atoms with Crippen LogP contribution in [0.4, 0.5) is 0 Å². The Morgan fingerprint density at radius 3 is 2.94 bits per heavy atom. The van der Waals surface area contributed by atoms with Crippen LogP contribution in [0.15, 0.2) is 28.3 Å². The first-order chi connectivity index (χ1) is 8.26. The van der Waals surface area contributed by atoms with E-state index in [1.54, 1.807) is 11.3 Å². The maximum Gasteiger partial charge on any atom is 0.109 e. The number of rotatable bonds is 5. The lowest BCUT2D eigenvalue weighted by atomic mass is 10.2. The van der Waals surface area contributed by atoms with E-state index in [1.165, 1.54) is 4.88 Å². The van der Waals surface area contributed by atoms with Gasteiger partial charge in [0, 0.05) is 30.2 Å². The highest BCUT2D eigenvalue weighted by atomic mass is 79.9. The third-order valence-corrected chi connectivity index (χ3v) is 4.43. The average Bonchev–Trinajstić information content (AvgIpc) is 2.91. The number of aromatic nitrogens is 2. The van der Waals surface area contributed by atoms with Crippen LogP contribution in [0.2, 0.25) is 0 Å². The Morgan fingerprint density at radius 1 is 1.53 bits per heavy atom. The molecular weight excluding hydrogens is 298 g/mol. The third-order valence-electron chi connectivity index (χ3n) is 2.70. The van der Waals surface area contributed by atoms with Crippen molar-refractivity contribution < 1.29 is 0 Å². The summed E-state index contributed by atoms with van der Waals surface area (Å²) in [5.74, 6) is 1.12. The molecule has 0 fully saturated rings. The molecule has 0 saturated heterocycles. The predicted molar refractivity (Wildman–Crippen MR) is 75.4 cm³/mol. The maximum absolute atomic E-state index is 5.91. The van der Waals surface area contributed by atoms with Gasteiger partial charge in [0.2, 0.25) is 0 Å². The Bertz CT molecular complexity index is 478. The molecule has 0 saturated carbocycles. The summed E-state index contributed by atoms with van der Waals surface area (Å²) in [6.45, 7) is 2.76. The Hall–Kier alpha value is -0.650. The van der Waals surface area contributed by atoms with Gasteiger partial charge in [-0.2, -0.15) is 0 Å². The zero-order valence-corrected chi connectivity index (χ0v) is 12.2. The molecule has 0 aliphatic heterocycles. The lowest BCUT2D eigenvalue weighted by Crippen LogP contribution is -2.20. The van der Waals surface area contributed by atoms with Gasteiger partial charge < -0.3 is 10.3 Å². The molecule has 0 aliphatic rings. The Morgan fingerprint density at radius 2 is 2.35 bits per heavy atom. The molecule has 17 heavy (non-hydrogen) atoms. The van der Waals surface area contributed by atoms with Gasteiger partial charge in [-0.05, 0) is 34.5 Å². The van der Waals surface area contributed by atoms with Crippen molar-refractivity contribution in [1.82, 2.24) is 9.55 Å². The molecular formula is C12H16BrN3S. The van der Waals surface area contributed by atoms with Gasteiger partial charge in [0.15, 0.2) is 0 Å². The summed E-state index contributed by atoms with van der Waals surface area (Å²) < 4.78 is 3.34. The van der Waals surface area contributed by atoms with Gasteiger partial charge in [0.25, 0.3) is 0 Å². The largest absolute Gasteiger partial charge is 0.328 e. The molecule has 0 amide bonds. The Balaban J connectivity index is 2.31. The monoisotopic (exact) mass is 313 g/mol. The fraction of sp³-hybridized carbons (Fsp3) is 0.417. The van der Waals surface area contributed by atoms with Crippen LogP contribution in [0.5, 0.6) is 0 Å². The van der Waals surface area contributed by atoms with E-state index in [4.69, 9.17) is 5.73 Å². The molecule has 0 aromatic carbocycles. The van der Waals surface area contributed by atoms with E-state index < -0.39 is 0 Å². The highest BCUT2D eigenvalue weighted by molar-refractivity contribution is 9.11. The van der Waals surface area contributed by atoms with Crippen LogP contribution in [0, 0.1) is 0 Å². The normalized spacial score (nSPS) is 12.9. The van der Waals surface area contributed by atoms with Crippen molar-refractivity contribution in [2.45, 2.75) is 25.8 Å². The van der Waals surface area contributed by atoms with E-state index in [0.29, 0.717) is 6.54 Å². The second-order valence-electron chi connectivity index (χ2n) is 3.89. The van der Waals surface area contributed by atoms with Gasteiger partial charge in [-0.15, -0.1) is 11.3 Å². The van der Waals surface area contributed by atoms with Crippen molar-refractivity contribution in [2.24, 2.45) is 5.73 Å². The summed E-state index contributed by atoms with van der Waals surface area (Å²) >= 11 is 5.23. The standard InChI is InChI=1S/C12H16BrN3S/c1-2-3-12-15-6-7-16(12)9(8-14)10-4-5-11(13)17-10/h4-7,9H,2-3,8,14H2,1H3. The highest BCUT2D eigenvalue weighted by Gasteiger charge is 2.16. The summed E-state index contributed by atoms with van der Waals surface area (Å²) in [6.07, 6.45) is 5.98. The predicted octanol–water partition coefficient (Wildman–Crippen LogP) is 3.21. The fourth-order valence-electron chi connectivity index (χ4n) is 1.92. The van der Waals surface area contributed by atoms with E-state index >= 15 is 0 Å². The molecule has 3 nitrogen and oxygen atoms in total. The smallest absolute Gasteiger partial charge is 0.109 e. The van der Waals surface area contributed by atoms with Crippen molar-refractivity contribution in [2.75, 3.05) is 6.54 Å². The summed E-state index contributed by atoms with van der Waals surface area (Å²) in [6, 6.07) is 4.40. The molecule has 2 heterocycles. The summed E-state index contributed by atoms with van der Waals surface area (Å²) in [5.41, 5.74) is 5.91. The Kier molecular flexibility index (Phi) is 4.36. The van der Waals surface area contributed by atoms with E-state index in [9.17, 15) is 0 Å². The zero-order chi connectivity index (χ0) is 12.3. The number of nitrogens with two attached hydrogens (primary N) is 1. The molecule has 2 N–H and O–H groups in total. The minimum atomic E-state index is 0.204. The van der Waals surface area contributed by atoms with Crippen molar-refractivity contribution in [1.29, 1.82) is 0 Å². The van der Waals surface area contributed by atoms with Crippen LogP contribution in [-0.2, 0) is 6.42 Å². The quantitative estimate of drug-likeness (QED) is 0.921. The van der Waals surface area contributed by atoms with Gasteiger partial charge in [0.1, 0.15) is 5.82 Å².